The third kappa shape index (κ3) is 5.03. The number of rotatable bonds is 8. The molecule has 2 saturated heterocycles. The van der Waals surface area contributed by atoms with Crippen molar-refractivity contribution < 1.29 is 28.7 Å². The number of aliphatic carboxylic acids is 1. The van der Waals surface area contributed by atoms with Gasteiger partial charge in [0.25, 0.3) is 0 Å². The number of nitrogens with zero attached hydrogens (tertiary/aromatic N) is 1. The lowest BCUT2D eigenvalue weighted by atomic mass is 9.63. The van der Waals surface area contributed by atoms with E-state index in [2.05, 4.69) is 5.16 Å². The fourth-order valence-electron chi connectivity index (χ4n) is 5.69. The Bertz CT molecular complexity index is 1290. The first kappa shape index (κ1) is 25.5. The van der Waals surface area contributed by atoms with Crippen LogP contribution in [0.25, 0.3) is 11.3 Å². The normalized spacial score (nSPS) is 23.5. The average Bonchev–Trinajstić information content (AvgIpc) is 3.24. The van der Waals surface area contributed by atoms with E-state index in [4.69, 9.17) is 25.6 Å². The SMILES string of the molecule is Cc1noc(-c2ccc(C34CCC(CC(=O)O)(CC3)CO4)cc2)c1CC(=O)O[C@H](C)c1ccccc1Cl. The summed E-state index contributed by atoms with van der Waals surface area (Å²) < 4.78 is 17.6. The molecule has 3 fully saturated rings. The lowest BCUT2D eigenvalue weighted by molar-refractivity contribution is -0.195. The average molecular weight is 524 g/mol. The summed E-state index contributed by atoms with van der Waals surface area (Å²) in [4.78, 5) is 24.1. The summed E-state index contributed by atoms with van der Waals surface area (Å²) in [6.45, 7) is 4.08. The van der Waals surface area contributed by atoms with Crippen LogP contribution in [-0.2, 0) is 31.1 Å². The van der Waals surface area contributed by atoms with Gasteiger partial charge in [0.1, 0.15) is 6.10 Å². The molecule has 7 nitrogen and oxygen atoms in total. The van der Waals surface area contributed by atoms with Crippen molar-refractivity contribution in [3.05, 3.63) is 75.9 Å². The minimum absolute atomic E-state index is 0.0277. The standard InChI is InChI=1S/C29H30ClNO6/c1-18-23(15-26(34)36-19(2)22-5-3-4-6-24(22)30)27(37-31-18)20-7-9-21(10-8-20)29-13-11-28(12-14-29,17-35-29)16-25(32)33/h3-10,19H,11-17H2,1-2H3,(H,32,33)/t19-,28?,29?/m1/s1. The summed E-state index contributed by atoms with van der Waals surface area (Å²) in [6, 6.07) is 15.3. The van der Waals surface area contributed by atoms with E-state index in [0.29, 0.717) is 28.6 Å². The first-order valence-corrected chi connectivity index (χ1v) is 12.9. The molecule has 37 heavy (non-hydrogen) atoms. The summed E-state index contributed by atoms with van der Waals surface area (Å²) >= 11 is 6.25. The number of esters is 1. The number of halogens is 1. The Hall–Kier alpha value is -3.16. The van der Waals surface area contributed by atoms with Gasteiger partial charge >= 0.3 is 11.9 Å². The summed E-state index contributed by atoms with van der Waals surface area (Å²) in [5.74, 6) is -0.613. The largest absolute Gasteiger partial charge is 0.481 e. The van der Waals surface area contributed by atoms with Crippen molar-refractivity contribution in [2.24, 2.45) is 5.41 Å². The van der Waals surface area contributed by atoms with Gasteiger partial charge in [-0.3, -0.25) is 9.59 Å². The molecule has 1 saturated carbocycles. The number of carbonyl (C=O) groups is 2. The van der Waals surface area contributed by atoms with Gasteiger partial charge in [-0.05, 0) is 51.2 Å². The molecule has 0 spiro atoms. The van der Waals surface area contributed by atoms with E-state index in [1.165, 1.54) is 0 Å². The van der Waals surface area contributed by atoms with Crippen LogP contribution >= 0.6 is 11.6 Å². The number of carboxylic acid groups (broad SMARTS) is 1. The minimum Gasteiger partial charge on any atom is -0.481 e. The highest BCUT2D eigenvalue weighted by molar-refractivity contribution is 6.31. The van der Waals surface area contributed by atoms with Gasteiger partial charge in [0, 0.05) is 27.1 Å². The van der Waals surface area contributed by atoms with E-state index in [0.717, 1.165) is 42.4 Å². The second-order valence-electron chi connectivity index (χ2n) is 10.3. The third-order valence-electron chi connectivity index (χ3n) is 7.93. The lowest BCUT2D eigenvalue weighted by Crippen LogP contribution is -2.50. The summed E-state index contributed by atoms with van der Waals surface area (Å²) in [5.41, 5.74) is 3.35. The molecule has 1 atom stereocenters. The van der Waals surface area contributed by atoms with Crippen molar-refractivity contribution in [3.63, 3.8) is 0 Å². The van der Waals surface area contributed by atoms with Crippen molar-refractivity contribution in [1.29, 1.82) is 0 Å². The molecule has 194 valence electrons. The van der Waals surface area contributed by atoms with Gasteiger partial charge in [0.15, 0.2) is 5.76 Å². The van der Waals surface area contributed by atoms with Crippen LogP contribution < -0.4 is 0 Å². The highest BCUT2D eigenvalue weighted by Gasteiger charge is 2.51. The van der Waals surface area contributed by atoms with Crippen LogP contribution in [0.3, 0.4) is 0 Å². The second-order valence-corrected chi connectivity index (χ2v) is 10.7. The maximum Gasteiger partial charge on any atom is 0.311 e. The monoisotopic (exact) mass is 523 g/mol. The summed E-state index contributed by atoms with van der Waals surface area (Å²) in [7, 11) is 0. The van der Waals surface area contributed by atoms with E-state index in [9.17, 15) is 14.7 Å². The van der Waals surface area contributed by atoms with Crippen LogP contribution in [0.2, 0.25) is 5.02 Å². The Balaban J connectivity index is 1.29. The van der Waals surface area contributed by atoms with Gasteiger partial charge in [-0.25, -0.2) is 0 Å². The minimum atomic E-state index is -0.761. The third-order valence-corrected chi connectivity index (χ3v) is 8.27. The highest BCUT2D eigenvalue weighted by atomic mass is 35.5. The van der Waals surface area contributed by atoms with Crippen molar-refractivity contribution in [3.8, 4) is 11.3 Å². The van der Waals surface area contributed by atoms with E-state index in [1.54, 1.807) is 13.0 Å². The molecule has 3 heterocycles. The molecule has 1 aromatic heterocycles. The number of aromatic nitrogens is 1. The maximum atomic E-state index is 12.8. The van der Waals surface area contributed by atoms with Crippen LogP contribution in [0, 0.1) is 12.3 Å². The van der Waals surface area contributed by atoms with Gasteiger partial charge in [-0.1, -0.05) is 59.2 Å². The zero-order valence-corrected chi connectivity index (χ0v) is 21.7. The Morgan fingerprint density at radius 2 is 1.81 bits per heavy atom. The van der Waals surface area contributed by atoms with Crippen LogP contribution in [-0.4, -0.2) is 28.8 Å². The van der Waals surface area contributed by atoms with Crippen LogP contribution in [0.1, 0.15) is 67.5 Å². The zero-order chi connectivity index (χ0) is 26.2. The van der Waals surface area contributed by atoms with Gasteiger partial charge in [-0.2, -0.15) is 0 Å². The molecule has 2 aromatic carbocycles. The molecule has 1 aliphatic carbocycles. The number of ether oxygens (including phenoxy) is 2. The molecular formula is C29H30ClNO6. The lowest BCUT2D eigenvalue weighted by Gasteiger charge is -2.53. The quantitative estimate of drug-likeness (QED) is 0.340. The van der Waals surface area contributed by atoms with Crippen molar-refractivity contribution >= 4 is 23.5 Å². The summed E-state index contributed by atoms with van der Waals surface area (Å²) in [6.07, 6.45) is 3.02. The molecule has 0 radical (unpaired) electrons. The van der Waals surface area contributed by atoms with Crippen LogP contribution in [0.4, 0.5) is 0 Å². The van der Waals surface area contributed by atoms with Gasteiger partial charge in [0.2, 0.25) is 0 Å². The number of aryl methyl sites for hydroxylation is 1. The molecule has 2 bridgehead atoms. The van der Waals surface area contributed by atoms with Gasteiger partial charge in [0.05, 0.1) is 30.7 Å². The summed E-state index contributed by atoms with van der Waals surface area (Å²) in [5, 5.41) is 13.9. The molecule has 1 N–H and O–H groups in total. The number of carbonyl (C=O) groups excluding carboxylic acids is 1. The predicted octanol–water partition coefficient (Wildman–Crippen LogP) is 6.41. The first-order valence-electron chi connectivity index (χ1n) is 12.6. The van der Waals surface area contributed by atoms with Gasteiger partial charge < -0.3 is 19.1 Å². The Kier molecular flexibility index (Phi) is 6.86. The Labute approximate surface area is 220 Å². The molecule has 6 rings (SSSR count). The number of carboxylic acids is 1. The number of fused-ring (bicyclic) bond motifs is 3. The molecule has 3 aliphatic rings. The van der Waals surface area contributed by atoms with E-state index in [-0.39, 0.29) is 23.9 Å². The fourth-order valence-corrected chi connectivity index (χ4v) is 5.97. The molecule has 3 aromatic rings. The Morgan fingerprint density at radius 3 is 2.43 bits per heavy atom. The topological polar surface area (TPSA) is 98.9 Å². The maximum absolute atomic E-state index is 12.8. The van der Waals surface area contributed by atoms with Crippen molar-refractivity contribution in [1.82, 2.24) is 5.16 Å². The fraction of sp³-hybridized carbons (Fsp3) is 0.414. The van der Waals surface area contributed by atoms with Crippen molar-refractivity contribution in [2.45, 2.75) is 64.1 Å². The zero-order valence-electron chi connectivity index (χ0n) is 21.0. The van der Waals surface area contributed by atoms with Gasteiger partial charge in [-0.15, -0.1) is 0 Å². The van der Waals surface area contributed by atoms with E-state index < -0.39 is 18.0 Å². The van der Waals surface area contributed by atoms with E-state index >= 15 is 0 Å². The number of benzene rings is 2. The highest BCUT2D eigenvalue weighted by Crippen LogP contribution is 2.55. The van der Waals surface area contributed by atoms with E-state index in [1.807, 2.05) is 49.4 Å². The molecule has 0 amide bonds. The molecule has 0 unspecified atom stereocenters. The first-order chi connectivity index (χ1) is 17.7. The van der Waals surface area contributed by atoms with Crippen LogP contribution in [0.15, 0.2) is 53.1 Å². The number of hydrogen-bond donors (Lipinski definition) is 1. The van der Waals surface area contributed by atoms with Crippen LogP contribution in [0.5, 0.6) is 0 Å². The molecule has 2 aliphatic heterocycles. The molecular weight excluding hydrogens is 494 g/mol. The van der Waals surface area contributed by atoms with Crippen molar-refractivity contribution in [2.75, 3.05) is 6.61 Å². The molecule has 8 heteroatoms. The predicted molar refractivity (Wildman–Crippen MR) is 137 cm³/mol. The smallest absolute Gasteiger partial charge is 0.311 e. The second kappa shape index (κ2) is 9.95. The number of hydrogen-bond acceptors (Lipinski definition) is 6. The Morgan fingerprint density at radius 1 is 1.11 bits per heavy atom.